The van der Waals surface area contributed by atoms with E-state index in [1.54, 1.807) is 0 Å². The number of hydrogen-bond donors (Lipinski definition) is 1. The molecular weight excluding hydrogens is 342 g/mol. The van der Waals surface area contributed by atoms with Crippen LogP contribution in [0.25, 0.3) is 0 Å². The number of benzene rings is 2. The average molecular weight is 355 g/mol. The van der Waals surface area contributed by atoms with Gasteiger partial charge in [-0.15, -0.1) is 0 Å². The third kappa shape index (κ3) is 3.86. The van der Waals surface area contributed by atoms with Gasteiger partial charge in [0, 0.05) is 34.4 Å². The van der Waals surface area contributed by atoms with Gasteiger partial charge in [-0.2, -0.15) is 0 Å². The molecule has 0 atom stereocenters. The number of nitro groups is 1. The summed E-state index contributed by atoms with van der Waals surface area (Å²) in [6, 6.07) is 6.66. The number of carboxylic acid groups (broad SMARTS) is 1. The van der Waals surface area contributed by atoms with E-state index in [2.05, 4.69) is 0 Å². The number of Topliss-reactive ketones (excluding diaryl/α,β-unsaturated/α-hetero) is 2. The van der Waals surface area contributed by atoms with Gasteiger partial charge < -0.3 is 5.11 Å². The summed E-state index contributed by atoms with van der Waals surface area (Å²) in [6.07, 6.45) is 0. The molecule has 0 aromatic heterocycles. The molecule has 0 amide bonds. The predicted molar refractivity (Wildman–Crippen MR) is 89.9 cm³/mol. The summed E-state index contributed by atoms with van der Waals surface area (Å²) in [5.41, 5.74) is -0.985. The molecule has 0 saturated heterocycles. The predicted octanol–water partition coefficient (Wildman–Crippen LogP) is 2.93. The van der Waals surface area contributed by atoms with E-state index in [9.17, 15) is 29.3 Å². The molecule has 0 unspecified atom stereocenters. The Morgan fingerprint density at radius 3 is 1.58 bits per heavy atom. The molecule has 0 aliphatic rings. The van der Waals surface area contributed by atoms with Crippen molar-refractivity contribution < 1.29 is 29.2 Å². The van der Waals surface area contributed by atoms with Gasteiger partial charge in [0.1, 0.15) is 0 Å². The summed E-state index contributed by atoms with van der Waals surface area (Å²) < 4.78 is 0. The molecule has 132 valence electrons. The summed E-state index contributed by atoms with van der Waals surface area (Å²) in [4.78, 5) is 57.3. The van der Waals surface area contributed by atoms with Gasteiger partial charge in [-0.3, -0.25) is 24.5 Å². The highest BCUT2D eigenvalue weighted by atomic mass is 16.6. The maximum Gasteiger partial charge on any atom is 0.335 e. The molecule has 8 nitrogen and oxygen atoms in total. The first-order valence-electron chi connectivity index (χ1n) is 7.34. The van der Waals surface area contributed by atoms with Crippen LogP contribution < -0.4 is 0 Å². The molecule has 0 aliphatic carbocycles. The van der Waals surface area contributed by atoms with Crippen LogP contribution in [0.5, 0.6) is 0 Å². The number of non-ortho nitro benzene ring substituents is 1. The molecule has 1 N–H and O–H groups in total. The highest BCUT2D eigenvalue weighted by Crippen LogP contribution is 2.22. The molecule has 0 fully saturated rings. The molecule has 2 aromatic carbocycles. The summed E-state index contributed by atoms with van der Waals surface area (Å²) >= 11 is 0. The normalized spacial score (nSPS) is 10.2. The molecule has 0 bridgehead atoms. The van der Waals surface area contributed by atoms with Crippen LogP contribution >= 0.6 is 0 Å². The number of nitrogens with zero attached hydrogens (tertiary/aromatic N) is 1. The maximum absolute atomic E-state index is 12.7. The van der Waals surface area contributed by atoms with Crippen molar-refractivity contribution in [2.75, 3.05) is 0 Å². The second kappa shape index (κ2) is 7.06. The fraction of sp³-hybridized carbons (Fsp3) is 0.111. The minimum atomic E-state index is -1.43. The monoisotopic (exact) mass is 355 g/mol. The van der Waals surface area contributed by atoms with Crippen LogP contribution in [0.1, 0.15) is 60.8 Å². The van der Waals surface area contributed by atoms with Crippen molar-refractivity contribution in [2.45, 2.75) is 13.8 Å². The van der Waals surface area contributed by atoms with Crippen molar-refractivity contribution >= 4 is 29.0 Å². The Labute approximate surface area is 147 Å². The van der Waals surface area contributed by atoms with Crippen LogP contribution in [0.4, 0.5) is 5.69 Å². The van der Waals surface area contributed by atoms with Crippen LogP contribution in [-0.2, 0) is 0 Å². The highest BCUT2D eigenvalue weighted by Gasteiger charge is 2.20. The lowest BCUT2D eigenvalue weighted by Gasteiger charge is -2.07. The first-order chi connectivity index (χ1) is 12.1. The Kier molecular flexibility index (Phi) is 5.06. The minimum Gasteiger partial charge on any atom is -0.478 e. The standard InChI is InChI=1S/C18H13NO7/c1-9(20)11-3-12(10(2)21)5-13(4-11)17(22)14-6-15(18(23)24)8-16(7-14)19(25)26/h3-8H,1-2H3,(H,23,24). The first-order valence-corrected chi connectivity index (χ1v) is 7.34. The summed E-state index contributed by atoms with van der Waals surface area (Å²) in [7, 11) is 0. The first kappa shape index (κ1) is 18.7. The number of carbonyl (C=O) groups is 4. The molecule has 0 radical (unpaired) electrons. The Balaban J connectivity index is 2.65. The zero-order valence-corrected chi connectivity index (χ0v) is 13.8. The molecule has 0 heterocycles. The maximum atomic E-state index is 12.7. The second-order valence-corrected chi connectivity index (χ2v) is 5.57. The van der Waals surface area contributed by atoms with E-state index in [4.69, 9.17) is 5.11 Å². The van der Waals surface area contributed by atoms with Gasteiger partial charge in [-0.05, 0) is 38.1 Å². The lowest BCUT2D eigenvalue weighted by atomic mass is 9.95. The van der Waals surface area contributed by atoms with E-state index in [-0.39, 0.29) is 33.8 Å². The number of nitro benzene ring substituents is 1. The summed E-state index contributed by atoms with van der Waals surface area (Å²) in [5, 5.41) is 20.1. The van der Waals surface area contributed by atoms with E-state index in [1.807, 2.05) is 0 Å². The lowest BCUT2D eigenvalue weighted by molar-refractivity contribution is -0.384. The zero-order chi connectivity index (χ0) is 19.6. The van der Waals surface area contributed by atoms with E-state index < -0.39 is 27.9 Å². The zero-order valence-electron chi connectivity index (χ0n) is 13.8. The SMILES string of the molecule is CC(=O)c1cc(C(C)=O)cc(C(=O)c2cc(C(=O)O)cc([N+](=O)[O-])c2)c1. The van der Waals surface area contributed by atoms with Crippen molar-refractivity contribution in [3.05, 3.63) is 74.3 Å². The molecule has 0 aliphatic heterocycles. The third-order valence-corrected chi connectivity index (χ3v) is 3.65. The Morgan fingerprint density at radius 1 is 0.769 bits per heavy atom. The van der Waals surface area contributed by atoms with Crippen LogP contribution in [0.2, 0.25) is 0 Å². The molecule has 0 spiro atoms. The summed E-state index contributed by atoms with van der Waals surface area (Å²) in [5.74, 6) is -2.90. The van der Waals surface area contributed by atoms with E-state index in [0.717, 1.165) is 18.2 Å². The Morgan fingerprint density at radius 2 is 1.15 bits per heavy atom. The molecule has 2 rings (SSSR count). The Hall–Kier alpha value is -3.68. The highest BCUT2D eigenvalue weighted by molar-refractivity contribution is 6.13. The van der Waals surface area contributed by atoms with E-state index >= 15 is 0 Å². The van der Waals surface area contributed by atoms with Crippen molar-refractivity contribution in [1.29, 1.82) is 0 Å². The van der Waals surface area contributed by atoms with Gasteiger partial charge in [0.15, 0.2) is 17.3 Å². The van der Waals surface area contributed by atoms with Crippen molar-refractivity contribution in [3.8, 4) is 0 Å². The van der Waals surface area contributed by atoms with Crippen molar-refractivity contribution in [2.24, 2.45) is 0 Å². The summed E-state index contributed by atoms with van der Waals surface area (Å²) in [6.45, 7) is 2.53. The van der Waals surface area contributed by atoms with Gasteiger partial charge in [0.05, 0.1) is 10.5 Å². The van der Waals surface area contributed by atoms with Crippen LogP contribution in [0.15, 0.2) is 36.4 Å². The fourth-order valence-electron chi connectivity index (χ4n) is 2.30. The number of rotatable bonds is 6. The van der Waals surface area contributed by atoms with Crippen LogP contribution in [0.3, 0.4) is 0 Å². The second-order valence-electron chi connectivity index (χ2n) is 5.57. The van der Waals surface area contributed by atoms with Crippen molar-refractivity contribution in [3.63, 3.8) is 0 Å². The third-order valence-electron chi connectivity index (χ3n) is 3.65. The average Bonchev–Trinajstić information content (AvgIpc) is 2.59. The van der Waals surface area contributed by atoms with E-state index in [1.165, 1.54) is 32.0 Å². The van der Waals surface area contributed by atoms with Gasteiger partial charge in [-0.25, -0.2) is 4.79 Å². The number of ketones is 3. The Bertz CT molecular complexity index is 834. The van der Waals surface area contributed by atoms with Gasteiger partial charge in [0.25, 0.3) is 5.69 Å². The smallest absolute Gasteiger partial charge is 0.335 e. The molecule has 8 heteroatoms. The van der Waals surface area contributed by atoms with Gasteiger partial charge >= 0.3 is 5.97 Å². The van der Waals surface area contributed by atoms with Crippen molar-refractivity contribution in [1.82, 2.24) is 0 Å². The number of hydrogen-bond acceptors (Lipinski definition) is 6. The quantitative estimate of drug-likeness (QED) is 0.478. The number of carboxylic acids is 1. The molecule has 0 saturated carbocycles. The largest absolute Gasteiger partial charge is 0.478 e. The molecule has 2 aromatic rings. The van der Waals surface area contributed by atoms with Gasteiger partial charge in [-0.1, -0.05) is 0 Å². The molecule has 26 heavy (non-hydrogen) atoms. The topological polar surface area (TPSA) is 132 Å². The lowest BCUT2D eigenvalue weighted by Crippen LogP contribution is -2.09. The van der Waals surface area contributed by atoms with Gasteiger partial charge in [0.2, 0.25) is 0 Å². The fourth-order valence-corrected chi connectivity index (χ4v) is 2.30. The minimum absolute atomic E-state index is 0.0419. The number of aromatic carboxylic acids is 1. The van der Waals surface area contributed by atoms with Crippen LogP contribution in [0, 0.1) is 10.1 Å². The molecular formula is C18H13NO7. The van der Waals surface area contributed by atoms with Crippen LogP contribution in [-0.4, -0.2) is 33.3 Å². The van der Waals surface area contributed by atoms with E-state index in [0.29, 0.717) is 0 Å². The number of carbonyl (C=O) groups excluding carboxylic acids is 3.